The molecule has 4 nitrogen and oxygen atoms in total. The summed E-state index contributed by atoms with van der Waals surface area (Å²) < 4.78 is 16.5. The molecular weight excluding hydrogens is 244 g/mol. The number of phenolic OH excluding ortho intramolecular Hbond substituents is 1. The molecule has 1 unspecified atom stereocenters. The standard InChI is InChI=1S/C15H16O4/c1-8-4-9-5-12(16)14-11(15(9)19-8)6-10(17-2)7-13(14)18-3/h5-8,16H,4H2,1-3H3. The molecule has 0 spiro atoms. The van der Waals surface area contributed by atoms with Crippen LogP contribution in [0.15, 0.2) is 18.2 Å². The van der Waals surface area contributed by atoms with Crippen LogP contribution >= 0.6 is 0 Å². The van der Waals surface area contributed by atoms with Crippen molar-refractivity contribution in [1.82, 2.24) is 0 Å². The molecular formula is C15H16O4. The Morgan fingerprint density at radius 3 is 2.68 bits per heavy atom. The molecule has 0 bridgehead atoms. The van der Waals surface area contributed by atoms with Crippen LogP contribution in [0.1, 0.15) is 12.5 Å². The van der Waals surface area contributed by atoms with Gasteiger partial charge in [-0.3, -0.25) is 0 Å². The Morgan fingerprint density at radius 2 is 2.00 bits per heavy atom. The Kier molecular flexibility index (Phi) is 2.66. The minimum atomic E-state index is 0.122. The monoisotopic (exact) mass is 260 g/mol. The van der Waals surface area contributed by atoms with E-state index in [1.807, 2.05) is 13.0 Å². The molecule has 2 aromatic rings. The van der Waals surface area contributed by atoms with Crippen molar-refractivity contribution in [2.24, 2.45) is 0 Å². The number of hydrogen-bond acceptors (Lipinski definition) is 4. The zero-order valence-electron chi connectivity index (χ0n) is 11.2. The van der Waals surface area contributed by atoms with E-state index in [4.69, 9.17) is 14.2 Å². The Labute approximate surface area is 111 Å². The third kappa shape index (κ3) is 1.75. The normalized spacial score (nSPS) is 17.1. The highest BCUT2D eigenvalue weighted by Crippen LogP contribution is 2.46. The van der Waals surface area contributed by atoms with Crippen molar-refractivity contribution in [3.05, 3.63) is 23.8 Å². The molecule has 100 valence electrons. The van der Waals surface area contributed by atoms with Crippen LogP contribution in [0, 0.1) is 0 Å². The van der Waals surface area contributed by atoms with Crippen molar-refractivity contribution in [3.63, 3.8) is 0 Å². The zero-order chi connectivity index (χ0) is 13.6. The summed E-state index contributed by atoms with van der Waals surface area (Å²) in [4.78, 5) is 0. The van der Waals surface area contributed by atoms with E-state index in [-0.39, 0.29) is 11.9 Å². The van der Waals surface area contributed by atoms with Crippen LogP contribution in [0.25, 0.3) is 10.8 Å². The van der Waals surface area contributed by atoms with Gasteiger partial charge in [-0.15, -0.1) is 0 Å². The van der Waals surface area contributed by atoms with Gasteiger partial charge in [-0.05, 0) is 19.1 Å². The van der Waals surface area contributed by atoms with E-state index in [1.54, 1.807) is 26.4 Å². The summed E-state index contributed by atoms with van der Waals surface area (Å²) in [6, 6.07) is 5.39. The molecule has 3 rings (SSSR count). The Balaban J connectivity index is 2.38. The highest BCUT2D eigenvalue weighted by Gasteiger charge is 2.25. The Morgan fingerprint density at radius 1 is 1.21 bits per heavy atom. The van der Waals surface area contributed by atoms with E-state index in [9.17, 15) is 5.11 Å². The molecule has 2 aromatic carbocycles. The largest absolute Gasteiger partial charge is 0.507 e. The number of aromatic hydroxyl groups is 1. The van der Waals surface area contributed by atoms with E-state index >= 15 is 0 Å². The summed E-state index contributed by atoms with van der Waals surface area (Å²) in [5.41, 5.74) is 1.02. The third-order valence-corrected chi connectivity index (χ3v) is 3.46. The molecule has 0 amide bonds. The molecule has 19 heavy (non-hydrogen) atoms. The Bertz CT molecular complexity index is 648. The highest BCUT2D eigenvalue weighted by atomic mass is 16.5. The predicted molar refractivity (Wildman–Crippen MR) is 72.5 cm³/mol. The number of rotatable bonds is 2. The third-order valence-electron chi connectivity index (χ3n) is 3.46. The summed E-state index contributed by atoms with van der Waals surface area (Å²) in [5.74, 6) is 2.29. The second-order valence-corrected chi connectivity index (χ2v) is 4.77. The van der Waals surface area contributed by atoms with Crippen molar-refractivity contribution in [2.75, 3.05) is 14.2 Å². The number of methoxy groups -OCH3 is 2. The summed E-state index contributed by atoms with van der Waals surface area (Å²) >= 11 is 0. The second-order valence-electron chi connectivity index (χ2n) is 4.77. The molecule has 1 atom stereocenters. The summed E-state index contributed by atoms with van der Waals surface area (Å²) in [5, 5.41) is 11.7. The average molecular weight is 260 g/mol. The average Bonchev–Trinajstić information content (AvgIpc) is 2.78. The lowest BCUT2D eigenvalue weighted by Gasteiger charge is -2.13. The van der Waals surface area contributed by atoms with Gasteiger partial charge in [0.1, 0.15) is 29.1 Å². The molecule has 1 N–H and O–H groups in total. The van der Waals surface area contributed by atoms with E-state index in [2.05, 4.69) is 0 Å². The first-order chi connectivity index (χ1) is 9.13. The van der Waals surface area contributed by atoms with Gasteiger partial charge in [0.05, 0.1) is 19.6 Å². The van der Waals surface area contributed by atoms with Gasteiger partial charge < -0.3 is 19.3 Å². The van der Waals surface area contributed by atoms with Gasteiger partial charge in [0.25, 0.3) is 0 Å². The number of phenols is 1. The molecule has 0 fully saturated rings. The lowest BCUT2D eigenvalue weighted by Crippen LogP contribution is -2.05. The maximum Gasteiger partial charge on any atom is 0.134 e. The fourth-order valence-corrected chi connectivity index (χ4v) is 2.63. The fraction of sp³-hybridized carbons (Fsp3) is 0.333. The molecule has 0 aliphatic carbocycles. The molecule has 4 heteroatoms. The number of benzene rings is 2. The molecule has 1 aliphatic rings. The first kappa shape index (κ1) is 12.0. The van der Waals surface area contributed by atoms with E-state index in [0.29, 0.717) is 16.9 Å². The lowest BCUT2D eigenvalue weighted by atomic mass is 10.0. The fourth-order valence-electron chi connectivity index (χ4n) is 2.63. The summed E-state index contributed by atoms with van der Waals surface area (Å²) in [7, 11) is 3.18. The number of hydrogen-bond donors (Lipinski definition) is 1. The SMILES string of the molecule is COc1cc(OC)c2c(O)cc3c(c2c1)OC(C)C3. The second kappa shape index (κ2) is 4.23. The van der Waals surface area contributed by atoms with Crippen molar-refractivity contribution >= 4 is 10.8 Å². The van der Waals surface area contributed by atoms with E-state index < -0.39 is 0 Å². The molecule has 0 saturated heterocycles. The van der Waals surface area contributed by atoms with Gasteiger partial charge in [0.2, 0.25) is 0 Å². The van der Waals surface area contributed by atoms with E-state index in [0.717, 1.165) is 23.1 Å². The van der Waals surface area contributed by atoms with Gasteiger partial charge in [-0.25, -0.2) is 0 Å². The quantitative estimate of drug-likeness (QED) is 0.902. The maximum atomic E-state index is 10.2. The minimum Gasteiger partial charge on any atom is -0.507 e. The zero-order valence-corrected chi connectivity index (χ0v) is 11.2. The van der Waals surface area contributed by atoms with Crippen molar-refractivity contribution in [1.29, 1.82) is 0 Å². The van der Waals surface area contributed by atoms with E-state index in [1.165, 1.54) is 0 Å². The minimum absolute atomic E-state index is 0.122. The van der Waals surface area contributed by atoms with Gasteiger partial charge in [-0.2, -0.15) is 0 Å². The molecule has 1 heterocycles. The molecule has 0 radical (unpaired) electrons. The number of ether oxygens (including phenoxy) is 3. The summed E-state index contributed by atoms with van der Waals surface area (Å²) in [6.07, 6.45) is 0.926. The number of fused-ring (bicyclic) bond motifs is 3. The maximum absolute atomic E-state index is 10.2. The first-order valence-corrected chi connectivity index (χ1v) is 6.21. The summed E-state index contributed by atoms with van der Waals surface area (Å²) in [6.45, 7) is 2.01. The van der Waals surface area contributed by atoms with Crippen LogP contribution in [-0.4, -0.2) is 25.4 Å². The van der Waals surface area contributed by atoms with Gasteiger partial charge in [-0.1, -0.05) is 0 Å². The van der Waals surface area contributed by atoms with Crippen molar-refractivity contribution in [3.8, 4) is 23.0 Å². The van der Waals surface area contributed by atoms with Gasteiger partial charge in [0, 0.05) is 23.4 Å². The van der Waals surface area contributed by atoms with Crippen molar-refractivity contribution < 1.29 is 19.3 Å². The van der Waals surface area contributed by atoms with Crippen LogP contribution in [0.5, 0.6) is 23.0 Å². The van der Waals surface area contributed by atoms with Crippen LogP contribution < -0.4 is 14.2 Å². The smallest absolute Gasteiger partial charge is 0.134 e. The van der Waals surface area contributed by atoms with Crippen LogP contribution in [0.3, 0.4) is 0 Å². The molecule has 1 aliphatic heterocycles. The van der Waals surface area contributed by atoms with Crippen molar-refractivity contribution in [2.45, 2.75) is 19.4 Å². The lowest BCUT2D eigenvalue weighted by molar-refractivity contribution is 0.257. The van der Waals surface area contributed by atoms with Gasteiger partial charge >= 0.3 is 0 Å². The molecule has 0 saturated carbocycles. The van der Waals surface area contributed by atoms with Crippen LogP contribution in [-0.2, 0) is 6.42 Å². The molecule has 0 aromatic heterocycles. The van der Waals surface area contributed by atoms with Gasteiger partial charge in [0.15, 0.2) is 0 Å². The highest BCUT2D eigenvalue weighted by molar-refractivity contribution is 6.00. The van der Waals surface area contributed by atoms with Crippen LogP contribution in [0.2, 0.25) is 0 Å². The van der Waals surface area contributed by atoms with Crippen LogP contribution in [0.4, 0.5) is 0 Å². The Hall–Kier alpha value is -2.10. The topological polar surface area (TPSA) is 47.9 Å². The first-order valence-electron chi connectivity index (χ1n) is 6.21. The predicted octanol–water partition coefficient (Wildman–Crippen LogP) is 2.89.